The molecular weight excluding hydrogens is 292 g/mol. The molecule has 0 saturated heterocycles. The van der Waals surface area contributed by atoms with Gasteiger partial charge in [0, 0.05) is 18.2 Å². The number of rotatable bonds is 6. The number of aromatic nitrogens is 1. The number of ether oxygens (including phenoxy) is 1. The fourth-order valence-corrected chi connectivity index (χ4v) is 3.04. The van der Waals surface area contributed by atoms with Crippen molar-refractivity contribution >= 4 is 16.8 Å². The molecule has 1 atom stereocenters. The summed E-state index contributed by atoms with van der Waals surface area (Å²) in [7, 11) is 0. The number of pyridine rings is 1. The normalized spacial score (nSPS) is 21.7. The molecule has 1 aliphatic carbocycles. The van der Waals surface area contributed by atoms with Crippen molar-refractivity contribution in [3.63, 3.8) is 0 Å². The summed E-state index contributed by atoms with van der Waals surface area (Å²) in [6, 6.07) is 9.85. The highest BCUT2D eigenvalue weighted by Gasteiger charge is 2.35. The zero-order valence-corrected chi connectivity index (χ0v) is 13.2. The third-order valence-corrected chi connectivity index (χ3v) is 4.35. The van der Waals surface area contributed by atoms with E-state index in [4.69, 9.17) is 4.74 Å². The van der Waals surface area contributed by atoms with Crippen molar-refractivity contribution in [3.8, 4) is 0 Å². The van der Waals surface area contributed by atoms with Crippen LogP contribution < -0.4 is 5.32 Å². The first-order valence-electron chi connectivity index (χ1n) is 8.07. The van der Waals surface area contributed by atoms with E-state index < -0.39 is 0 Å². The highest BCUT2D eigenvalue weighted by atomic mass is 16.5. The number of hydrogen-bond donors (Lipinski definition) is 2. The van der Waals surface area contributed by atoms with Crippen LogP contribution in [-0.2, 0) is 9.53 Å². The summed E-state index contributed by atoms with van der Waals surface area (Å²) in [5, 5.41) is 13.7. The number of amides is 1. The van der Waals surface area contributed by atoms with Gasteiger partial charge in [0.15, 0.2) is 0 Å². The van der Waals surface area contributed by atoms with E-state index in [9.17, 15) is 9.90 Å². The molecule has 0 bridgehead atoms. The van der Waals surface area contributed by atoms with Gasteiger partial charge in [0.2, 0.25) is 5.91 Å². The molecule has 23 heavy (non-hydrogen) atoms. The van der Waals surface area contributed by atoms with Gasteiger partial charge >= 0.3 is 0 Å². The SMILES string of the molecule is CCOCC(=O)N[C@@H](c1cnc2ccccc2c1)C1CC(O)C1. The molecule has 3 rings (SSSR count). The van der Waals surface area contributed by atoms with Crippen LogP contribution in [0.4, 0.5) is 0 Å². The fraction of sp³-hybridized carbons (Fsp3) is 0.444. The summed E-state index contributed by atoms with van der Waals surface area (Å²) in [6.07, 6.45) is 2.96. The van der Waals surface area contributed by atoms with Gasteiger partial charge in [-0.15, -0.1) is 0 Å². The summed E-state index contributed by atoms with van der Waals surface area (Å²) in [5.74, 6) is 0.102. The summed E-state index contributed by atoms with van der Waals surface area (Å²) in [6.45, 7) is 2.43. The average Bonchev–Trinajstić information content (AvgIpc) is 2.55. The van der Waals surface area contributed by atoms with Crippen LogP contribution in [0.1, 0.15) is 31.4 Å². The van der Waals surface area contributed by atoms with Crippen LogP contribution in [-0.4, -0.2) is 35.3 Å². The lowest BCUT2D eigenvalue weighted by atomic mass is 9.75. The lowest BCUT2D eigenvalue weighted by Crippen LogP contribution is -2.42. The zero-order valence-electron chi connectivity index (χ0n) is 13.2. The highest BCUT2D eigenvalue weighted by Crippen LogP contribution is 2.38. The number of aliphatic hydroxyl groups is 1. The summed E-state index contributed by atoms with van der Waals surface area (Å²) in [5.41, 5.74) is 1.91. The summed E-state index contributed by atoms with van der Waals surface area (Å²) >= 11 is 0. The van der Waals surface area contributed by atoms with E-state index in [2.05, 4.69) is 16.4 Å². The molecule has 1 aromatic heterocycles. The molecule has 0 spiro atoms. The second kappa shape index (κ2) is 7.06. The molecule has 5 heteroatoms. The summed E-state index contributed by atoms with van der Waals surface area (Å²) in [4.78, 5) is 16.5. The molecule has 1 fully saturated rings. The van der Waals surface area contributed by atoms with Crippen LogP contribution in [0.25, 0.3) is 10.9 Å². The molecule has 1 heterocycles. The molecular formula is C18H22N2O3. The van der Waals surface area contributed by atoms with Crippen molar-refractivity contribution in [2.75, 3.05) is 13.2 Å². The van der Waals surface area contributed by atoms with Gasteiger partial charge in [0.1, 0.15) is 6.61 Å². The number of nitrogens with one attached hydrogen (secondary N) is 1. The first kappa shape index (κ1) is 15.9. The third-order valence-electron chi connectivity index (χ3n) is 4.35. The largest absolute Gasteiger partial charge is 0.393 e. The van der Waals surface area contributed by atoms with Crippen LogP contribution in [0.2, 0.25) is 0 Å². The Hall–Kier alpha value is -1.98. The lowest BCUT2D eigenvalue weighted by Gasteiger charge is -2.38. The number of aliphatic hydroxyl groups excluding tert-OH is 1. The van der Waals surface area contributed by atoms with Gasteiger partial charge in [-0.3, -0.25) is 9.78 Å². The molecule has 5 nitrogen and oxygen atoms in total. The van der Waals surface area contributed by atoms with Crippen molar-refractivity contribution in [3.05, 3.63) is 42.1 Å². The zero-order chi connectivity index (χ0) is 16.2. The second-order valence-corrected chi connectivity index (χ2v) is 6.03. The van der Waals surface area contributed by atoms with Crippen molar-refractivity contribution in [2.45, 2.75) is 31.9 Å². The Morgan fingerprint density at radius 3 is 2.96 bits per heavy atom. The molecule has 1 aromatic carbocycles. The Balaban J connectivity index is 1.82. The Labute approximate surface area is 135 Å². The lowest BCUT2D eigenvalue weighted by molar-refractivity contribution is -0.127. The Morgan fingerprint density at radius 1 is 1.43 bits per heavy atom. The van der Waals surface area contributed by atoms with Crippen molar-refractivity contribution in [2.24, 2.45) is 5.92 Å². The van der Waals surface area contributed by atoms with Gasteiger partial charge in [-0.25, -0.2) is 0 Å². The number of carbonyl (C=O) groups is 1. The molecule has 1 amide bonds. The van der Waals surface area contributed by atoms with E-state index in [0.29, 0.717) is 19.4 Å². The quantitative estimate of drug-likeness (QED) is 0.857. The number of fused-ring (bicyclic) bond motifs is 1. The van der Waals surface area contributed by atoms with Crippen molar-refractivity contribution in [1.29, 1.82) is 0 Å². The first-order chi connectivity index (χ1) is 11.2. The number of carbonyl (C=O) groups excluding carboxylic acids is 1. The van der Waals surface area contributed by atoms with E-state index in [-0.39, 0.29) is 30.6 Å². The van der Waals surface area contributed by atoms with Gasteiger partial charge < -0.3 is 15.2 Å². The smallest absolute Gasteiger partial charge is 0.246 e. The van der Waals surface area contributed by atoms with Crippen LogP contribution in [0.5, 0.6) is 0 Å². The number of benzene rings is 1. The second-order valence-electron chi connectivity index (χ2n) is 6.03. The Bertz CT molecular complexity index is 683. The van der Waals surface area contributed by atoms with Crippen LogP contribution in [0.3, 0.4) is 0 Å². The minimum Gasteiger partial charge on any atom is -0.393 e. The monoisotopic (exact) mass is 314 g/mol. The van der Waals surface area contributed by atoms with Gasteiger partial charge in [0.05, 0.1) is 17.7 Å². The minimum absolute atomic E-state index is 0.0588. The molecule has 2 N–H and O–H groups in total. The minimum atomic E-state index is -0.264. The van der Waals surface area contributed by atoms with Crippen LogP contribution in [0.15, 0.2) is 36.5 Å². The highest BCUT2D eigenvalue weighted by molar-refractivity contribution is 5.80. The molecule has 1 aliphatic rings. The predicted molar refractivity (Wildman–Crippen MR) is 87.9 cm³/mol. The van der Waals surface area contributed by atoms with Gasteiger partial charge in [-0.2, -0.15) is 0 Å². The Morgan fingerprint density at radius 2 is 2.22 bits per heavy atom. The van der Waals surface area contributed by atoms with Gasteiger partial charge in [0.25, 0.3) is 0 Å². The standard InChI is InChI=1S/C18H22N2O3/c1-2-23-11-17(22)20-18(13-8-15(21)9-13)14-7-12-5-3-4-6-16(12)19-10-14/h3-7,10,13,15,18,21H,2,8-9,11H2,1H3,(H,20,22)/t13?,15?,18-/m1/s1. The maximum absolute atomic E-state index is 12.1. The first-order valence-corrected chi connectivity index (χ1v) is 8.07. The van der Waals surface area contributed by atoms with Crippen molar-refractivity contribution < 1.29 is 14.6 Å². The van der Waals surface area contributed by atoms with Crippen molar-refractivity contribution in [1.82, 2.24) is 10.3 Å². The predicted octanol–water partition coefficient (Wildman–Crippen LogP) is 2.20. The topological polar surface area (TPSA) is 71.5 Å². The van der Waals surface area contributed by atoms with E-state index in [1.54, 1.807) is 0 Å². The van der Waals surface area contributed by atoms with E-state index in [1.165, 1.54) is 0 Å². The number of nitrogens with zero attached hydrogens (tertiary/aromatic N) is 1. The molecule has 0 aliphatic heterocycles. The summed E-state index contributed by atoms with van der Waals surface area (Å²) < 4.78 is 5.18. The number of hydrogen-bond acceptors (Lipinski definition) is 4. The molecule has 0 radical (unpaired) electrons. The fourth-order valence-electron chi connectivity index (χ4n) is 3.04. The van der Waals surface area contributed by atoms with E-state index >= 15 is 0 Å². The molecule has 122 valence electrons. The molecule has 1 saturated carbocycles. The molecule has 0 unspecified atom stereocenters. The van der Waals surface area contributed by atoms with Gasteiger partial charge in [-0.05, 0) is 43.4 Å². The Kier molecular flexibility index (Phi) is 4.88. The third kappa shape index (κ3) is 3.68. The molecule has 2 aromatic rings. The maximum Gasteiger partial charge on any atom is 0.246 e. The van der Waals surface area contributed by atoms with E-state index in [0.717, 1.165) is 16.5 Å². The average molecular weight is 314 g/mol. The van der Waals surface area contributed by atoms with Crippen LogP contribution >= 0.6 is 0 Å². The van der Waals surface area contributed by atoms with Crippen LogP contribution in [0, 0.1) is 5.92 Å². The number of para-hydroxylation sites is 1. The maximum atomic E-state index is 12.1. The van der Waals surface area contributed by atoms with Gasteiger partial charge in [-0.1, -0.05) is 18.2 Å². The van der Waals surface area contributed by atoms with E-state index in [1.807, 2.05) is 37.4 Å².